The Balaban J connectivity index is 2.04. The second-order valence-electron chi connectivity index (χ2n) is 4.12. The summed E-state index contributed by atoms with van der Waals surface area (Å²) < 4.78 is 3.18. The molecule has 0 unspecified atom stereocenters. The van der Waals surface area contributed by atoms with Gasteiger partial charge in [-0.25, -0.2) is 4.98 Å². The molecule has 0 saturated carbocycles. The molecule has 6 heteroatoms. The predicted molar refractivity (Wildman–Crippen MR) is 84.1 cm³/mol. The van der Waals surface area contributed by atoms with Gasteiger partial charge in [0.25, 0.3) is 0 Å². The maximum Gasteiger partial charge on any atom is 0.209 e. The predicted octanol–water partition coefficient (Wildman–Crippen LogP) is 3.56. The van der Waals surface area contributed by atoms with Crippen molar-refractivity contribution in [3.05, 3.63) is 40.2 Å². The van der Waals surface area contributed by atoms with Crippen LogP contribution in [-0.4, -0.2) is 16.1 Å². The van der Waals surface area contributed by atoms with Crippen molar-refractivity contribution in [2.75, 3.05) is 11.9 Å². The normalized spacial score (nSPS) is 11.1. The molecule has 2 heterocycles. The molecule has 0 bridgehead atoms. The van der Waals surface area contributed by atoms with Crippen molar-refractivity contribution in [3.63, 3.8) is 0 Å². The summed E-state index contributed by atoms with van der Waals surface area (Å²) in [6.07, 6.45) is 0. The molecule has 0 fully saturated rings. The van der Waals surface area contributed by atoms with Crippen LogP contribution in [0, 0.1) is 0 Å². The van der Waals surface area contributed by atoms with Gasteiger partial charge >= 0.3 is 0 Å². The fourth-order valence-corrected chi connectivity index (χ4v) is 3.33. The van der Waals surface area contributed by atoms with Crippen LogP contribution in [0.2, 0.25) is 0 Å². The fourth-order valence-electron chi connectivity index (χ4n) is 2.02. The topological polar surface area (TPSA) is 55.9 Å². The largest absolute Gasteiger partial charge is 0.329 e. The van der Waals surface area contributed by atoms with E-state index in [0.717, 1.165) is 33.0 Å². The minimum Gasteiger partial charge on any atom is -0.329 e. The van der Waals surface area contributed by atoms with Gasteiger partial charge in [0.1, 0.15) is 0 Å². The molecule has 1 aromatic carbocycles. The molecule has 3 N–H and O–H groups in total. The van der Waals surface area contributed by atoms with Gasteiger partial charge in [-0.15, -0.1) is 11.3 Å². The minimum absolute atomic E-state index is 0.586. The molecule has 2 aromatic heterocycles. The second-order valence-corrected chi connectivity index (χ2v) is 5.95. The molecule has 98 valence electrons. The van der Waals surface area contributed by atoms with E-state index in [2.05, 4.69) is 36.9 Å². The van der Waals surface area contributed by atoms with E-state index < -0.39 is 0 Å². The molecule has 0 aliphatic heterocycles. The molecule has 3 aromatic rings. The molecule has 0 saturated heterocycles. The first-order valence-electron chi connectivity index (χ1n) is 5.94. The first-order valence-corrected chi connectivity index (χ1v) is 7.61. The van der Waals surface area contributed by atoms with Gasteiger partial charge < -0.3 is 15.6 Å². The maximum atomic E-state index is 5.70. The number of nitrogens with one attached hydrogen (secondary N) is 1. The van der Waals surface area contributed by atoms with Crippen LogP contribution in [0.4, 0.5) is 10.9 Å². The van der Waals surface area contributed by atoms with Crippen molar-refractivity contribution in [1.29, 1.82) is 0 Å². The van der Waals surface area contributed by atoms with E-state index >= 15 is 0 Å². The smallest absolute Gasteiger partial charge is 0.209 e. The lowest BCUT2D eigenvalue weighted by Gasteiger charge is -2.08. The molecular weight excluding hydrogens is 324 g/mol. The summed E-state index contributed by atoms with van der Waals surface area (Å²) in [5.74, 6) is 0.834. The van der Waals surface area contributed by atoms with Gasteiger partial charge in [0.2, 0.25) is 5.95 Å². The lowest BCUT2D eigenvalue weighted by Crippen LogP contribution is -2.11. The number of halogens is 1. The number of thiophene rings is 1. The number of benzene rings is 1. The highest BCUT2D eigenvalue weighted by atomic mass is 79.9. The third kappa shape index (κ3) is 2.51. The molecule has 3 rings (SSSR count). The molecule has 0 amide bonds. The minimum atomic E-state index is 0.586. The van der Waals surface area contributed by atoms with Gasteiger partial charge in [0.05, 0.1) is 16.0 Å². The second kappa shape index (κ2) is 5.32. The summed E-state index contributed by atoms with van der Waals surface area (Å²) in [7, 11) is 0. The average molecular weight is 337 g/mol. The fraction of sp³-hybridized carbons (Fsp3) is 0.154. The first-order chi connectivity index (χ1) is 9.28. The Kier molecular flexibility index (Phi) is 3.54. The van der Waals surface area contributed by atoms with Crippen molar-refractivity contribution in [1.82, 2.24) is 9.55 Å². The van der Waals surface area contributed by atoms with Gasteiger partial charge in [-0.1, -0.05) is 12.1 Å². The van der Waals surface area contributed by atoms with E-state index in [4.69, 9.17) is 5.73 Å². The highest BCUT2D eigenvalue weighted by Gasteiger charge is 2.10. The van der Waals surface area contributed by atoms with Crippen LogP contribution in [0.3, 0.4) is 0 Å². The van der Waals surface area contributed by atoms with Crippen molar-refractivity contribution < 1.29 is 0 Å². The summed E-state index contributed by atoms with van der Waals surface area (Å²) >= 11 is 5.09. The maximum absolute atomic E-state index is 5.70. The number of hydrogen-bond acceptors (Lipinski definition) is 4. The number of fused-ring (bicyclic) bond motifs is 1. The van der Waals surface area contributed by atoms with E-state index in [-0.39, 0.29) is 0 Å². The van der Waals surface area contributed by atoms with Gasteiger partial charge in [-0.05, 0) is 34.1 Å². The molecule has 0 radical (unpaired) electrons. The Hall–Kier alpha value is -1.37. The SMILES string of the molecule is NCCn1c(Nc2cc(Br)cs2)nc2ccccc21. The Labute approximate surface area is 123 Å². The zero-order chi connectivity index (χ0) is 13.2. The number of nitrogens with zero attached hydrogens (tertiary/aromatic N) is 2. The van der Waals surface area contributed by atoms with Gasteiger partial charge in [-0.3, -0.25) is 0 Å². The average Bonchev–Trinajstić information content (AvgIpc) is 2.96. The van der Waals surface area contributed by atoms with Crippen LogP contribution in [0.5, 0.6) is 0 Å². The lowest BCUT2D eigenvalue weighted by molar-refractivity contribution is 0.737. The summed E-state index contributed by atoms with van der Waals surface area (Å²) in [5.41, 5.74) is 7.78. The highest BCUT2D eigenvalue weighted by molar-refractivity contribution is 9.10. The van der Waals surface area contributed by atoms with Crippen LogP contribution < -0.4 is 11.1 Å². The zero-order valence-electron chi connectivity index (χ0n) is 10.1. The van der Waals surface area contributed by atoms with Crippen LogP contribution in [0.25, 0.3) is 11.0 Å². The van der Waals surface area contributed by atoms with E-state index in [1.165, 1.54) is 0 Å². The Morgan fingerprint density at radius 1 is 1.37 bits per heavy atom. The molecule has 0 aliphatic rings. The van der Waals surface area contributed by atoms with Gasteiger partial charge in [0.15, 0.2) is 0 Å². The number of imidazole rings is 1. The number of aromatic nitrogens is 2. The molecule has 19 heavy (non-hydrogen) atoms. The third-order valence-electron chi connectivity index (χ3n) is 2.81. The number of hydrogen-bond donors (Lipinski definition) is 2. The molecule has 0 spiro atoms. The van der Waals surface area contributed by atoms with Crippen molar-refractivity contribution >= 4 is 49.2 Å². The first kappa shape index (κ1) is 12.7. The van der Waals surface area contributed by atoms with Crippen LogP contribution in [0.15, 0.2) is 40.2 Å². The number of anilines is 2. The zero-order valence-corrected chi connectivity index (χ0v) is 12.5. The monoisotopic (exact) mass is 336 g/mol. The lowest BCUT2D eigenvalue weighted by atomic mass is 10.3. The van der Waals surface area contributed by atoms with Crippen LogP contribution in [0.1, 0.15) is 0 Å². The summed E-state index contributed by atoms with van der Waals surface area (Å²) in [5, 5.41) is 6.45. The molecular formula is C13H13BrN4S. The highest BCUT2D eigenvalue weighted by Crippen LogP contribution is 2.28. The van der Waals surface area contributed by atoms with Gasteiger partial charge in [-0.2, -0.15) is 0 Å². The van der Waals surface area contributed by atoms with Crippen LogP contribution in [-0.2, 0) is 6.54 Å². The van der Waals surface area contributed by atoms with Crippen LogP contribution >= 0.6 is 27.3 Å². The quantitative estimate of drug-likeness (QED) is 0.765. The number of nitrogens with two attached hydrogens (primary N) is 1. The standard InChI is InChI=1S/C13H13BrN4S/c14-9-7-12(19-8-9)17-13-16-10-3-1-2-4-11(10)18(13)6-5-15/h1-4,7-8H,5-6,15H2,(H,16,17). The summed E-state index contributed by atoms with van der Waals surface area (Å²) in [4.78, 5) is 4.62. The number of rotatable bonds is 4. The number of para-hydroxylation sites is 2. The summed E-state index contributed by atoms with van der Waals surface area (Å²) in [6.45, 7) is 1.33. The Morgan fingerprint density at radius 2 is 2.21 bits per heavy atom. The van der Waals surface area contributed by atoms with E-state index in [1.807, 2.05) is 29.6 Å². The van der Waals surface area contributed by atoms with Crippen molar-refractivity contribution in [2.45, 2.75) is 6.54 Å². The van der Waals surface area contributed by atoms with E-state index in [9.17, 15) is 0 Å². The van der Waals surface area contributed by atoms with Crippen molar-refractivity contribution in [2.24, 2.45) is 5.73 Å². The van der Waals surface area contributed by atoms with E-state index in [1.54, 1.807) is 11.3 Å². The Bertz CT molecular complexity index is 704. The molecule has 0 aliphatic carbocycles. The third-order valence-corrected chi connectivity index (χ3v) is 4.42. The summed E-state index contributed by atoms with van der Waals surface area (Å²) in [6, 6.07) is 10.1. The Morgan fingerprint density at radius 3 is 2.95 bits per heavy atom. The van der Waals surface area contributed by atoms with Gasteiger partial charge in [0, 0.05) is 22.9 Å². The molecule has 4 nitrogen and oxygen atoms in total. The van der Waals surface area contributed by atoms with E-state index in [0.29, 0.717) is 6.54 Å². The van der Waals surface area contributed by atoms with Crippen molar-refractivity contribution in [3.8, 4) is 0 Å². The molecule has 0 atom stereocenters.